The molecule has 1 aliphatic rings. The first-order valence-corrected chi connectivity index (χ1v) is 9.81. The van der Waals surface area contributed by atoms with Crippen molar-refractivity contribution in [1.29, 1.82) is 0 Å². The predicted octanol–water partition coefficient (Wildman–Crippen LogP) is 2.07. The monoisotopic (exact) mass is 429 g/mol. The Bertz CT molecular complexity index is 957. The van der Waals surface area contributed by atoms with E-state index in [1.807, 2.05) is 0 Å². The maximum absolute atomic E-state index is 14.3. The molecule has 2 heterocycles. The van der Waals surface area contributed by atoms with Gasteiger partial charge in [-0.25, -0.2) is 17.6 Å². The number of hydrogen-bond acceptors (Lipinski definition) is 6. The van der Waals surface area contributed by atoms with Gasteiger partial charge in [-0.15, -0.1) is 12.4 Å². The van der Waals surface area contributed by atoms with E-state index < -0.39 is 27.9 Å². The van der Waals surface area contributed by atoms with E-state index in [-0.39, 0.29) is 35.0 Å². The highest BCUT2D eigenvalue weighted by molar-refractivity contribution is 7.89. The van der Waals surface area contributed by atoms with Crippen LogP contribution in [0.4, 0.5) is 4.39 Å². The number of nitrogens with zero attached hydrogens (tertiary/aromatic N) is 2. The van der Waals surface area contributed by atoms with E-state index in [0.717, 1.165) is 18.7 Å². The quantitative estimate of drug-likeness (QED) is 0.748. The SMILES string of the molecule is COC(=O)c1cc(F)c(C)c(S(=O)(=O)N2CCNCC2c2cccnc2)c1.Cl. The summed E-state index contributed by atoms with van der Waals surface area (Å²) in [5.74, 6) is -1.57. The Balaban J connectivity index is 0.00000280. The number of pyridine rings is 1. The van der Waals surface area contributed by atoms with Crippen LogP contribution in [0.25, 0.3) is 0 Å². The fraction of sp³-hybridized carbons (Fsp3) is 0.333. The zero-order valence-electron chi connectivity index (χ0n) is 15.4. The van der Waals surface area contributed by atoms with Crippen LogP contribution in [-0.2, 0) is 14.8 Å². The molecule has 1 aromatic carbocycles. The van der Waals surface area contributed by atoms with Crippen LogP contribution in [0.3, 0.4) is 0 Å². The first-order valence-electron chi connectivity index (χ1n) is 8.37. The summed E-state index contributed by atoms with van der Waals surface area (Å²) in [6, 6.07) is 5.20. The summed E-state index contributed by atoms with van der Waals surface area (Å²) < 4.78 is 47.0. The van der Waals surface area contributed by atoms with Gasteiger partial charge >= 0.3 is 5.97 Å². The van der Waals surface area contributed by atoms with E-state index in [2.05, 4.69) is 15.0 Å². The predicted molar refractivity (Wildman–Crippen MR) is 103 cm³/mol. The lowest BCUT2D eigenvalue weighted by atomic mass is 10.1. The topological polar surface area (TPSA) is 88.6 Å². The molecule has 1 saturated heterocycles. The van der Waals surface area contributed by atoms with Crippen molar-refractivity contribution in [3.63, 3.8) is 0 Å². The van der Waals surface area contributed by atoms with E-state index >= 15 is 0 Å². The third kappa shape index (κ3) is 4.17. The molecule has 0 amide bonds. The number of carbonyl (C=O) groups excluding carboxylic acids is 1. The number of hydrogen-bond donors (Lipinski definition) is 1. The van der Waals surface area contributed by atoms with Crippen molar-refractivity contribution >= 4 is 28.4 Å². The number of piperazine rings is 1. The van der Waals surface area contributed by atoms with Crippen molar-refractivity contribution in [3.8, 4) is 0 Å². The van der Waals surface area contributed by atoms with E-state index in [0.29, 0.717) is 13.1 Å². The Kier molecular flexibility index (Phi) is 7.11. The Morgan fingerprint density at radius 2 is 2.14 bits per heavy atom. The molecule has 28 heavy (non-hydrogen) atoms. The van der Waals surface area contributed by atoms with Gasteiger partial charge in [-0.05, 0) is 30.7 Å². The number of nitrogens with one attached hydrogen (secondary N) is 1. The number of sulfonamides is 1. The van der Waals surface area contributed by atoms with Crippen LogP contribution < -0.4 is 5.32 Å². The average molecular weight is 430 g/mol. The number of benzene rings is 1. The lowest BCUT2D eigenvalue weighted by Crippen LogP contribution is -2.48. The van der Waals surface area contributed by atoms with Crippen LogP contribution in [0.1, 0.15) is 27.5 Å². The molecule has 3 rings (SSSR count). The number of esters is 1. The van der Waals surface area contributed by atoms with Crippen LogP contribution in [-0.4, -0.2) is 50.4 Å². The van der Waals surface area contributed by atoms with Gasteiger partial charge in [-0.2, -0.15) is 4.31 Å². The average Bonchev–Trinajstić information content (AvgIpc) is 2.69. The summed E-state index contributed by atoms with van der Waals surface area (Å²) in [6.45, 7) is 2.47. The van der Waals surface area contributed by atoms with E-state index in [1.54, 1.807) is 24.5 Å². The van der Waals surface area contributed by atoms with Crippen LogP contribution in [0.5, 0.6) is 0 Å². The molecule has 1 fully saturated rings. The number of methoxy groups -OCH3 is 1. The van der Waals surface area contributed by atoms with Gasteiger partial charge in [-0.3, -0.25) is 4.98 Å². The summed E-state index contributed by atoms with van der Waals surface area (Å²) >= 11 is 0. The summed E-state index contributed by atoms with van der Waals surface area (Å²) in [5, 5.41) is 3.17. The van der Waals surface area contributed by atoms with Crippen molar-refractivity contribution < 1.29 is 22.3 Å². The van der Waals surface area contributed by atoms with Crippen LogP contribution in [0, 0.1) is 12.7 Å². The second-order valence-corrected chi connectivity index (χ2v) is 8.05. The number of ether oxygens (including phenoxy) is 1. The summed E-state index contributed by atoms with van der Waals surface area (Å²) in [4.78, 5) is 15.6. The molecular formula is C18H21ClFN3O4S. The highest BCUT2D eigenvalue weighted by Gasteiger charge is 2.36. The van der Waals surface area contributed by atoms with Gasteiger partial charge in [-0.1, -0.05) is 6.07 Å². The Hall–Kier alpha value is -2.07. The molecule has 10 heteroatoms. The Morgan fingerprint density at radius 1 is 1.39 bits per heavy atom. The number of carbonyl (C=O) groups is 1. The molecule has 7 nitrogen and oxygen atoms in total. The fourth-order valence-electron chi connectivity index (χ4n) is 3.11. The molecule has 2 aromatic rings. The third-order valence-corrected chi connectivity index (χ3v) is 6.60. The normalized spacial score (nSPS) is 17.6. The number of aromatic nitrogens is 1. The van der Waals surface area contributed by atoms with Gasteiger partial charge in [0.15, 0.2) is 0 Å². The van der Waals surface area contributed by atoms with E-state index in [1.165, 1.54) is 17.3 Å². The van der Waals surface area contributed by atoms with Gasteiger partial charge < -0.3 is 10.1 Å². The van der Waals surface area contributed by atoms with Crippen molar-refractivity contribution in [2.24, 2.45) is 0 Å². The van der Waals surface area contributed by atoms with Gasteiger partial charge in [0.1, 0.15) is 5.82 Å². The zero-order valence-corrected chi connectivity index (χ0v) is 17.0. The maximum Gasteiger partial charge on any atom is 0.337 e. The first-order chi connectivity index (χ1) is 12.9. The number of rotatable bonds is 4. The Morgan fingerprint density at radius 3 is 2.79 bits per heavy atom. The van der Waals surface area contributed by atoms with Gasteiger partial charge in [0, 0.05) is 37.6 Å². The molecule has 1 atom stereocenters. The van der Waals surface area contributed by atoms with Crippen molar-refractivity contribution in [2.45, 2.75) is 17.9 Å². The van der Waals surface area contributed by atoms with Gasteiger partial charge in [0.25, 0.3) is 0 Å². The molecule has 1 N–H and O–H groups in total. The standard InChI is InChI=1S/C18H20FN3O4S.ClH/c1-12-15(19)8-14(18(23)26-2)9-17(12)27(24,25)22-7-6-21-11-16(22)13-4-3-5-20-10-13;/h3-5,8-10,16,21H,6-7,11H2,1-2H3;1H. The lowest BCUT2D eigenvalue weighted by Gasteiger charge is -2.35. The van der Waals surface area contributed by atoms with E-state index in [4.69, 9.17) is 0 Å². The van der Waals surface area contributed by atoms with Gasteiger partial charge in [0.05, 0.1) is 23.6 Å². The zero-order chi connectivity index (χ0) is 19.6. The Labute approximate surface area is 169 Å². The molecular weight excluding hydrogens is 409 g/mol. The molecule has 0 bridgehead atoms. The van der Waals surface area contributed by atoms with Crippen LogP contribution in [0.2, 0.25) is 0 Å². The van der Waals surface area contributed by atoms with Crippen molar-refractivity contribution in [2.75, 3.05) is 26.7 Å². The molecule has 0 radical (unpaired) electrons. The molecule has 1 unspecified atom stereocenters. The summed E-state index contributed by atoms with van der Waals surface area (Å²) in [5.41, 5.74) is 0.550. The van der Waals surface area contributed by atoms with E-state index in [9.17, 15) is 17.6 Å². The molecule has 0 spiro atoms. The fourth-order valence-corrected chi connectivity index (χ4v) is 4.99. The minimum Gasteiger partial charge on any atom is -0.465 e. The molecule has 0 aliphatic carbocycles. The molecule has 152 valence electrons. The minimum absolute atomic E-state index is 0. The van der Waals surface area contributed by atoms with Crippen molar-refractivity contribution in [3.05, 3.63) is 59.2 Å². The van der Waals surface area contributed by atoms with Crippen molar-refractivity contribution in [1.82, 2.24) is 14.6 Å². The van der Waals surface area contributed by atoms with Crippen LogP contribution >= 0.6 is 12.4 Å². The molecule has 1 aliphatic heterocycles. The smallest absolute Gasteiger partial charge is 0.337 e. The van der Waals surface area contributed by atoms with Crippen LogP contribution in [0.15, 0.2) is 41.6 Å². The molecule has 1 aromatic heterocycles. The summed E-state index contributed by atoms with van der Waals surface area (Å²) in [6.07, 6.45) is 3.22. The summed E-state index contributed by atoms with van der Waals surface area (Å²) in [7, 11) is -2.90. The second kappa shape index (κ2) is 8.95. The molecule has 0 saturated carbocycles. The minimum atomic E-state index is -4.06. The number of halogens is 2. The second-order valence-electron chi connectivity index (χ2n) is 6.19. The van der Waals surface area contributed by atoms with Gasteiger partial charge in [0.2, 0.25) is 10.0 Å². The first kappa shape index (κ1) is 22.2. The largest absolute Gasteiger partial charge is 0.465 e. The maximum atomic E-state index is 14.3. The highest BCUT2D eigenvalue weighted by Crippen LogP contribution is 2.31. The highest BCUT2D eigenvalue weighted by atomic mass is 35.5. The third-order valence-electron chi connectivity index (χ3n) is 4.57. The lowest BCUT2D eigenvalue weighted by molar-refractivity contribution is 0.0600.